The average Bonchev–Trinajstić information content (AvgIpc) is 2.84. The van der Waals surface area contributed by atoms with Gasteiger partial charge in [0.05, 0.1) is 19.1 Å². The quantitative estimate of drug-likeness (QED) is 0.272. The molecule has 0 aliphatic rings. The SMILES string of the molecule is COC(=O)C[C@@H](c1c(O)cc(C)n(CCc2ccc(O)c(O)c2)c1=O)c1cccc2ccccc12. The van der Waals surface area contributed by atoms with Crippen LogP contribution in [-0.4, -0.2) is 33.0 Å². The molecule has 7 heteroatoms. The standard InChI is InChI=1S/C28H27NO6/c1-17-14-25(32)27(28(34)29(17)13-12-18-10-11-23(30)24(31)15-18)22(16-26(33)35-2)21-9-5-7-19-6-3-4-8-20(19)21/h3-11,14-15,22,30-32H,12-13,16H2,1-2H3/t22-/m1/s1. The average molecular weight is 474 g/mol. The monoisotopic (exact) mass is 473 g/mol. The molecular formula is C28H27NO6. The number of pyridine rings is 1. The largest absolute Gasteiger partial charge is 0.507 e. The van der Waals surface area contributed by atoms with Crippen molar-refractivity contribution in [2.24, 2.45) is 0 Å². The van der Waals surface area contributed by atoms with Gasteiger partial charge in [0.2, 0.25) is 0 Å². The van der Waals surface area contributed by atoms with Gasteiger partial charge < -0.3 is 24.6 Å². The van der Waals surface area contributed by atoms with Crippen LogP contribution in [0, 0.1) is 6.92 Å². The van der Waals surface area contributed by atoms with E-state index in [1.807, 2.05) is 42.5 Å². The van der Waals surface area contributed by atoms with Crippen molar-refractivity contribution in [3.63, 3.8) is 0 Å². The second-order valence-corrected chi connectivity index (χ2v) is 8.52. The van der Waals surface area contributed by atoms with Crippen molar-refractivity contribution < 1.29 is 24.9 Å². The number of aryl methyl sites for hydroxylation is 2. The summed E-state index contributed by atoms with van der Waals surface area (Å²) in [6.45, 7) is 2.01. The van der Waals surface area contributed by atoms with Crippen LogP contribution in [0.15, 0.2) is 71.5 Å². The van der Waals surface area contributed by atoms with Crippen LogP contribution in [0.5, 0.6) is 17.2 Å². The van der Waals surface area contributed by atoms with E-state index < -0.39 is 17.4 Å². The highest BCUT2D eigenvalue weighted by Crippen LogP contribution is 2.36. The van der Waals surface area contributed by atoms with E-state index in [9.17, 15) is 24.9 Å². The number of carbonyl (C=O) groups is 1. The molecule has 0 amide bonds. The fraction of sp³-hybridized carbons (Fsp3) is 0.214. The number of hydrogen-bond donors (Lipinski definition) is 3. The van der Waals surface area contributed by atoms with E-state index in [4.69, 9.17) is 4.74 Å². The Kier molecular flexibility index (Phi) is 6.78. The predicted octanol–water partition coefficient (Wildman–Crippen LogP) is 4.36. The summed E-state index contributed by atoms with van der Waals surface area (Å²) >= 11 is 0. The zero-order chi connectivity index (χ0) is 25.1. The third-order valence-electron chi connectivity index (χ3n) is 6.33. The Morgan fingerprint density at radius 1 is 0.943 bits per heavy atom. The van der Waals surface area contributed by atoms with E-state index in [1.54, 1.807) is 17.6 Å². The van der Waals surface area contributed by atoms with Crippen LogP contribution in [0.25, 0.3) is 10.8 Å². The van der Waals surface area contributed by atoms with Gasteiger partial charge in [0.15, 0.2) is 11.5 Å². The van der Waals surface area contributed by atoms with Crippen molar-refractivity contribution in [3.05, 3.63) is 99.5 Å². The van der Waals surface area contributed by atoms with Crippen molar-refractivity contribution in [1.82, 2.24) is 4.57 Å². The van der Waals surface area contributed by atoms with Gasteiger partial charge in [0, 0.05) is 18.2 Å². The molecule has 0 aliphatic heterocycles. The van der Waals surface area contributed by atoms with Gasteiger partial charge in [-0.1, -0.05) is 48.5 Å². The molecule has 0 bridgehead atoms. The molecule has 0 fully saturated rings. The number of benzene rings is 3. The number of phenols is 2. The minimum atomic E-state index is -0.717. The number of ether oxygens (including phenoxy) is 1. The molecule has 3 aromatic carbocycles. The van der Waals surface area contributed by atoms with Crippen molar-refractivity contribution in [2.45, 2.75) is 32.2 Å². The molecular weight excluding hydrogens is 446 g/mol. The lowest BCUT2D eigenvalue weighted by molar-refractivity contribution is -0.140. The van der Waals surface area contributed by atoms with Gasteiger partial charge in [-0.25, -0.2) is 0 Å². The Balaban J connectivity index is 1.82. The number of hydrogen-bond acceptors (Lipinski definition) is 6. The van der Waals surface area contributed by atoms with Gasteiger partial charge in [-0.3, -0.25) is 9.59 Å². The van der Waals surface area contributed by atoms with Gasteiger partial charge in [0.1, 0.15) is 5.75 Å². The second kappa shape index (κ2) is 9.93. The molecule has 0 saturated carbocycles. The third-order valence-corrected chi connectivity index (χ3v) is 6.33. The third kappa shape index (κ3) is 4.84. The van der Waals surface area contributed by atoms with E-state index in [1.165, 1.54) is 25.3 Å². The summed E-state index contributed by atoms with van der Waals surface area (Å²) in [5, 5.41) is 32.1. The van der Waals surface area contributed by atoms with Crippen molar-refractivity contribution >= 4 is 16.7 Å². The summed E-state index contributed by atoms with van der Waals surface area (Å²) in [5.74, 6) is -1.83. The van der Waals surface area contributed by atoms with Gasteiger partial charge >= 0.3 is 5.97 Å². The molecule has 4 aromatic rings. The topological polar surface area (TPSA) is 109 Å². The molecule has 1 aromatic heterocycles. The fourth-order valence-corrected chi connectivity index (χ4v) is 4.51. The molecule has 1 heterocycles. The lowest BCUT2D eigenvalue weighted by atomic mass is 9.85. The number of methoxy groups -OCH3 is 1. The van der Waals surface area contributed by atoms with E-state index in [-0.39, 0.29) is 35.8 Å². The van der Waals surface area contributed by atoms with Crippen molar-refractivity contribution in [3.8, 4) is 17.2 Å². The van der Waals surface area contributed by atoms with Crippen LogP contribution in [-0.2, 0) is 22.5 Å². The predicted molar refractivity (Wildman–Crippen MR) is 133 cm³/mol. The maximum atomic E-state index is 13.7. The van der Waals surface area contributed by atoms with Gasteiger partial charge in [-0.15, -0.1) is 0 Å². The van der Waals surface area contributed by atoms with Crippen LogP contribution >= 0.6 is 0 Å². The van der Waals surface area contributed by atoms with Crippen molar-refractivity contribution in [1.29, 1.82) is 0 Å². The maximum Gasteiger partial charge on any atom is 0.306 e. The fourth-order valence-electron chi connectivity index (χ4n) is 4.51. The molecule has 0 aliphatic carbocycles. The minimum Gasteiger partial charge on any atom is -0.507 e. The van der Waals surface area contributed by atoms with Crippen molar-refractivity contribution in [2.75, 3.05) is 7.11 Å². The van der Waals surface area contributed by atoms with E-state index >= 15 is 0 Å². The minimum absolute atomic E-state index is 0.109. The van der Waals surface area contributed by atoms with Crippen LogP contribution in [0.2, 0.25) is 0 Å². The molecule has 3 N–H and O–H groups in total. The molecule has 4 rings (SSSR count). The van der Waals surface area contributed by atoms with Crippen LogP contribution in [0.4, 0.5) is 0 Å². The molecule has 0 spiro atoms. The second-order valence-electron chi connectivity index (χ2n) is 8.52. The van der Waals surface area contributed by atoms with Crippen LogP contribution in [0.1, 0.15) is 34.7 Å². The van der Waals surface area contributed by atoms with E-state index in [2.05, 4.69) is 0 Å². The number of fused-ring (bicyclic) bond motifs is 1. The molecule has 180 valence electrons. The highest BCUT2D eigenvalue weighted by molar-refractivity contribution is 5.87. The first-order chi connectivity index (χ1) is 16.8. The zero-order valence-electron chi connectivity index (χ0n) is 19.6. The lowest BCUT2D eigenvalue weighted by Crippen LogP contribution is -2.29. The molecule has 0 radical (unpaired) electrons. The molecule has 0 saturated heterocycles. The van der Waals surface area contributed by atoms with Crippen LogP contribution in [0.3, 0.4) is 0 Å². The lowest BCUT2D eigenvalue weighted by Gasteiger charge is -2.22. The Morgan fingerprint density at radius 2 is 1.69 bits per heavy atom. The summed E-state index contributed by atoms with van der Waals surface area (Å²) in [5.41, 5.74) is 1.79. The Labute approximate surface area is 202 Å². The van der Waals surface area contributed by atoms with Crippen LogP contribution < -0.4 is 5.56 Å². The first-order valence-electron chi connectivity index (χ1n) is 11.3. The highest BCUT2D eigenvalue weighted by Gasteiger charge is 2.27. The number of esters is 1. The molecule has 35 heavy (non-hydrogen) atoms. The Morgan fingerprint density at radius 3 is 2.43 bits per heavy atom. The van der Waals surface area contributed by atoms with Gasteiger partial charge in [-0.05, 0) is 53.4 Å². The van der Waals surface area contributed by atoms with E-state index in [0.29, 0.717) is 12.1 Å². The van der Waals surface area contributed by atoms with E-state index in [0.717, 1.165) is 21.9 Å². The Bertz CT molecular complexity index is 1450. The van der Waals surface area contributed by atoms with Gasteiger partial charge in [0.25, 0.3) is 5.56 Å². The summed E-state index contributed by atoms with van der Waals surface area (Å²) < 4.78 is 6.47. The van der Waals surface area contributed by atoms with Gasteiger partial charge in [-0.2, -0.15) is 0 Å². The molecule has 1 atom stereocenters. The molecule has 7 nitrogen and oxygen atoms in total. The first-order valence-corrected chi connectivity index (χ1v) is 11.3. The number of carbonyl (C=O) groups excluding carboxylic acids is 1. The summed E-state index contributed by atoms with van der Waals surface area (Å²) in [6, 6.07) is 19.4. The molecule has 0 unspecified atom stereocenters. The maximum absolute atomic E-state index is 13.7. The number of aromatic hydroxyl groups is 3. The first kappa shape index (κ1) is 23.9. The number of aromatic nitrogens is 1. The normalized spacial score (nSPS) is 11.9. The smallest absolute Gasteiger partial charge is 0.306 e. The number of rotatable bonds is 7. The Hall–Kier alpha value is -4.26. The highest BCUT2D eigenvalue weighted by atomic mass is 16.5. The number of nitrogens with zero attached hydrogens (tertiary/aromatic N) is 1. The zero-order valence-corrected chi connectivity index (χ0v) is 19.6. The summed E-state index contributed by atoms with van der Waals surface area (Å²) in [6.07, 6.45) is 0.303. The summed E-state index contributed by atoms with van der Waals surface area (Å²) in [7, 11) is 1.29. The summed E-state index contributed by atoms with van der Waals surface area (Å²) in [4.78, 5) is 26.1. The number of phenolic OH excluding ortho intramolecular Hbond substituents is 2.